The van der Waals surface area contributed by atoms with Crippen LogP contribution in [0.15, 0.2) is 40.8 Å². The summed E-state index contributed by atoms with van der Waals surface area (Å²) in [6, 6.07) is 7.05. The Morgan fingerprint density at radius 2 is 2.00 bits per heavy atom. The number of ether oxygens (including phenoxy) is 1. The molecule has 32 heavy (non-hydrogen) atoms. The molecule has 10 nitrogen and oxygen atoms in total. The Morgan fingerprint density at radius 3 is 2.72 bits per heavy atom. The van der Waals surface area contributed by atoms with Crippen molar-refractivity contribution in [2.24, 2.45) is 10.7 Å². The number of benzene rings is 1. The van der Waals surface area contributed by atoms with Crippen molar-refractivity contribution in [1.29, 1.82) is 0 Å². The van der Waals surface area contributed by atoms with Crippen molar-refractivity contribution in [2.75, 3.05) is 24.2 Å². The van der Waals surface area contributed by atoms with Gasteiger partial charge >= 0.3 is 5.91 Å². The molecule has 1 aromatic carbocycles. The first kappa shape index (κ1) is 23.5. The molecule has 2 aromatic heterocycles. The number of halogens is 2. The standard InChI is InChI=1S/C19H20Cl2N8O2S/c20-11-2-4-12(5-3-11)31-8-1-6-25-19(23)29-18(30)14-16(22)28-17(15(21)27-14)26-10-13-24-7-9-32-13/h2-5,7,9H,1,6,8,10H2,(H3,22,26,28)(H3,23,25,29,30). The highest BCUT2D eigenvalue weighted by molar-refractivity contribution is 7.09. The molecule has 0 aliphatic heterocycles. The molecule has 168 valence electrons. The SMILES string of the molecule is N/C(=N\C(=O)c1nc(Cl)c(NCc2nccs2)nc1N)NCCCOc1ccc(Cl)cc1. The third-order valence-corrected chi connectivity index (χ3v) is 5.20. The van der Waals surface area contributed by atoms with E-state index < -0.39 is 5.91 Å². The Bertz CT molecular complexity index is 1080. The minimum Gasteiger partial charge on any atom is -0.494 e. The second-order valence-corrected chi connectivity index (χ2v) is 8.03. The molecule has 2 heterocycles. The number of carbonyl (C=O) groups excluding carboxylic acids is 1. The van der Waals surface area contributed by atoms with Gasteiger partial charge in [-0.1, -0.05) is 23.2 Å². The summed E-state index contributed by atoms with van der Waals surface area (Å²) in [7, 11) is 0. The summed E-state index contributed by atoms with van der Waals surface area (Å²) in [6.45, 7) is 1.28. The Labute approximate surface area is 198 Å². The zero-order valence-corrected chi connectivity index (χ0v) is 19.0. The van der Waals surface area contributed by atoms with Gasteiger partial charge in [-0.05, 0) is 30.7 Å². The maximum atomic E-state index is 12.4. The Hall–Kier alpha value is -3.15. The Kier molecular flexibility index (Phi) is 8.42. The molecule has 13 heteroatoms. The predicted molar refractivity (Wildman–Crippen MR) is 126 cm³/mol. The normalized spacial score (nSPS) is 11.2. The first-order valence-electron chi connectivity index (χ1n) is 9.38. The number of nitrogen functional groups attached to an aromatic ring is 1. The van der Waals surface area contributed by atoms with Crippen LogP contribution in [0.1, 0.15) is 21.9 Å². The third-order valence-electron chi connectivity index (χ3n) is 3.90. The van der Waals surface area contributed by atoms with E-state index in [0.29, 0.717) is 36.9 Å². The van der Waals surface area contributed by atoms with Crippen molar-refractivity contribution in [3.63, 3.8) is 0 Å². The number of aromatic nitrogens is 3. The number of hydrogen-bond donors (Lipinski definition) is 4. The van der Waals surface area contributed by atoms with Crippen LogP contribution in [-0.4, -0.2) is 40.0 Å². The van der Waals surface area contributed by atoms with Crippen molar-refractivity contribution >= 4 is 58.0 Å². The molecule has 3 rings (SSSR count). The third kappa shape index (κ3) is 6.94. The molecule has 3 aromatic rings. The highest BCUT2D eigenvalue weighted by Gasteiger charge is 2.17. The summed E-state index contributed by atoms with van der Waals surface area (Å²) in [4.78, 5) is 28.4. The van der Waals surface area contributed by atoms with Gasteiger partial charge in [0.25, 0.3) is 0 Å². The van der Waals surface area contributed by atoms with Crippen LogP contribution in [0.4, 0.5) is 11.6 Å². The van der Waals surface area contributed by atoms with Crippen LogP contribution in [0.2, 0.25) is 10.2 Å². The van der Waals surface area contributed by atoms with Gasteiger partial charge in [-0.15, -0.1) is 11.3 Å². The zero-order valence-electron chi connectivity index (χ0n) is 16.7. The molecule has 0 atom stereocenters. The van der Waals surface area contributed by atoms with Gasteiger partial charge in [0.2, 0.25) is 0 Å². The Morgan fingerprint density at radius 1 is 1.22 bits per heavy atom. The second-order valence-electron chi connectivity index (χ2n) is 6.26. The van der Waals surface area contributed by atoms with E-state index in [4.69, 9.17) is 39.4 Å². The number of thiazole rings is 1. The first-order chi connectivity index (χ1) is 15.4. The minimum atomic E-state index is -0.759. The van der Waals surface area contributed by atoms with Gasteiger partial charge in [-0.25, -0.2) is 15.0 Å². The van der Waals surface area contributed by atoms with Crippen LogP contribution in [0.5, 0.6) is 5.75 Å². The van der Waals surface area contributed by atoms with Crippen molar-refractivity contribution in [3.8, 4) is 5.75 Å². The number of anilines is 2. The van der Waals surface area contributed by atoms with E-state index in [9.17, 15) is 4.79 Å². The van der Waals surface area contributed by atoms with Gasteiger partial charge in [-0.3, -0.25) is 4.79 Å². The van der Waals surface area contributed by atoms with Gasteiger partial charge in [0, 0.05) is 23.1 Å². The van der Waals surface area contributed by atoms with E-state index >= 15 is 0 Å². The highest BCUT2D eigenvalue weighted by Crippen LogP contribution is 2.22. The van der Waals surface area contributed by atoms with Gasteiger partial charge in [-0.2, -0.15) is 4.99 Å². The van der Waals surface area contributed by atoms with Crippen LogP contribution in [0.25, 0.3) is 0 Å². The minimum absolute atomic E-state index is 0.0137. The maximum absolute atomic E-state index is 12.4. The summed E-state index contributed by atoms with van der Waals surface area (Å²) >= 11 is 13.4. The molecule has 6 N–H and O–H groups in total. The monoisotopic (exact) mass is 494 g/mol. The largest absolute Gasteiger partial charge is 0.494 e. The van der Waals surface area contributed by atoms with Gasteiger partial charge in [0.15, 0.2) is 28.4 Å². The smallest absolute Gasteiger partial charge is 0.302 e. The molecule has 0 aliphatic rings. The molecule has 0 fully saturated rings. The summed E-state index contributed by atoms with van der Waals surface area (Å²) in [6.07, 6.45) is 2.31. The molecule has 0 saturated carbocycles. The lowest BCUT2D eigenvalue weighted by Gasteiger charge is -2.09. The number of carbonyl (C=O) groups is 1. The van der Waals surface area contributed by atoms with E-state index in [1.165, 1.54) is 11.3 Å². The topological polar surface area (TPSA) is 153 Å². The van der Waals surface area contributed by atoms with Crippen molar-refractivity contribution in [3.05, 3.63) is 56.7 Å². The molecular weight excluding hydrogens is 475 g/mol. The molecule has 0 radical (unpaired) electrons. The summed E-state index contributed by atoms with van der Waals surface area (Å²) in [5.41, 5.74) is 11.4. The number of amides is 1. The molecule has 0 unspecified atom stereocenters. The average Bonchev–Trinajstić information content (AvgIpc) is 3.28. The highest BCUT2D eigenvalue weighted by atomic mass is 35.5. The summed E-state index contributed by atoms with van der Waals surface area (Å²) < 4.78 is 5.57. The summed E-state index contributed by atoms with van der Waals surface area (Å²) in [5, 5.41) is 9.12. The van der Waals surface area contributed by atoms with Gasteiger partial charge in [0.1, 0.15) is 10.8 Å². The van der Waals surface area contributed by atoms with Crippen LogP contribution in [0, 0.1) is 0 Å². The lowest BCUT2D eigenvalue weighted by atomic mass is 10.3. The van der Waals surface area contributed by atoms with Crippen LogP contribution < -0.4 is 26.8 Å². The molecular formula is C19H20Cl2N8O2S. The number of nitrogens with one attached hydrogen (secondary N) is 2. The summed E-state index contributed by atoms with van der Waals surface area (Å²) in [5.74, 6) is -0.00191. The number of hydrogen-bond acceptors (Lipinski definition) is 8. The van der Waals surface area contributed by atoms with Crippen molar-refractivity contribution < 1.29 is 9.53 Å². The maximum Gasteiger partial charge on any atom is 0.302 e. The van der Waals surface area contributed by atoms with Crippen LogP contribution in [-0.2, 0) is 6.54 Å². The zero-order chi connectivity index (χ0) is 22.9. The van der Waals surface area contributed by atoms with E-state index in [2.05, 4.69) is 30.6 Å². The number of nitrogens with two attached hydrogens (primary N) is 2. The fourth-order valence-electron chi connectivity index (χ4n) is 2.41. The molecule has 1 amide bonds. The second kappa shape index (κ2) is 11.5. The molecule has 0 bridgehead atoms. The quantitative estimate of drug-likeness (QED) is 0.199. The van der Waals surface area contributed by atoms with E-state index in [1.54, 1.807) is 30.5 Å². The molecule has 0 spiro atoms. The number of aliphatic imine (C=N–C) groups is 1. The number of rotatable bonds is 9. The van der Waals surface area contributed by atoms with Crippen molar-refractivity contribution in [1.82, 2.24) is 20.3 Å². The van der Waals surface area contributed by atoms with E-state index in [-0.39, 0.29) is 28.4 Å². The van der Waals surface area contributed by atoms with E-state index in [1.807, 2.05) is 5.38 Å². The lowest BCUT2D eigenvalue weighted by molar-refractivity contribution is 0.0998. The number of nitrogens with zero attached hydrogens (tertiary/aromatic N) is 4. The predicted octanol–water partition coefficient (Wildman–Crippen LogP) is 2.95. The first-order valence-corrected chi connectivity index (χ1v) is 11.0. The molecule has 0 aliphatic carbocycles. The number of guanidine groups is 1. The van der Waals surface area contributed by atoms with Gasteiger partial charge in [0.05, 0.1) is 13.2 Å². The Balaban J connectivity index is 1.48. The van der Waals surface area contributed by atoms with Crippen molar-refractivity contribution in [2.45, 2.75) is 13.0 Å². The molecule has 0 saturated heterocycles. The van der Waals surface area contributed by atoms with Crippen LogP contribution >= 0.6 is 34.5 Å². The lowest BCUT2D eigenvalue weighted by Crippen LogP contribution is -2.34. The van der Waals surface area contributed by atoms with Gasteiger partial charge < -0.3 is 26.8 Å². The fraction of sp³-hybridized carbons (Fsp3) is 0.211. The van der Waals surface area contributed by atoms with E-state index in [0.717, 1.165) is 5.01 Å². The van der Waals surface area contributed by atoms with Crippen LogP contribution in [0.3, 0.4) is 0 Å². The average molecular weight is 495 g/mol. The fourth-order valence-corrected chi connectivity index (χ4v) is 3.28.